The zero-order valence-corrected chi connectivity index (χ0v) is 12.2. The van der Waals surface area contributed by atoms with Gasteiger partial charge in [-0.25, -0.2) is 0 Å². The highest BCUT2D eigenvalue weighted by Gasteiger charge is 2.04. The van der Waals surface area contributed by atoms with E-state index in [4.69, 9.17) is 4.74 Å². The molecule has 0 amide bonds. The van der Waals surface area contributed by atoms with Crippen LogP contribution in [0.2, 0.25) is 0 Å². The molecule has 0 saturated carbocycles. The first-order valence-corrected chi connectivity index (χ1v) is 6.65. The van der Waals surface area contributed by atoms with Crippen molar-refractivity contribution in [1.29, 1.82) is 0 Å². The zero-order chi connectivity index (χ0) is 13.0. The van der Waals surface area contributed by atoms with Crippen molar-refractivity contribution >= 4 is 15.9 Å². The maximum absolute atomic E-state index is 5.23. The molecule has 0 aliphatic rings. The fraction of sp³-hybridized carbons (Fsp3) is 0.286. The molecule has 96 valence electrons. The Labute approximate surface area is 116 Å². The molecular formula is C14H17BrN2O. The van der Waals surface area contributed by atoms with E-state index in [1.165, 1.54) is 11.3 Å². The quantitative estimate of drug-likeness (QED) is 0.919. The molecule has 0 spiro atoms. The normalized spacial score (nSPS) is 10.6. The standard InChI is InChI=1S/C14H17BrN2O/c1-16-9-12-4-3-7-17(12)10-11-5-6-14(18-2)13(15)8-11/h3-8,16H,9-10H2,1-2H3. The third kappa shape index (κ3) is 2.94. The summed E-state index contributed by atoms with van der Waals surface area (Å²) < 4.78 is 8.47. The molecule has 0 aliphatic heterocycles. The van der Waals surface area contributed by atoms with E-state index in [2.05, 4.69) is 56.3 Å². The lowest BCUT2D eigenvalue weighted by Gasteiger charge is -2.10. The SMILES string of the molecule is CNCc1cccn1Cc1ccc(OC)c(Br)c1. The van der Waals surface area contributed by atoms with Crippen molar-refractivity contribution in [2.45, 2.75) is 13.1 Å². The van der Waals surface area contributed by atoms with Crippen molar-refractivity contribution in [3.63, 3.8) is 0 Å². The van der Waals surface area contributed by atoms with Crippen LogP contribution in [0.25, 0.3) is 0 Å². The van der Waals surface area contributed by atoms with Crippen LogP contribution in [0, 0.1) is 0 Å². The fourth-order valence-corrected chi connectivity index (χ4v) is 2.54. The van der Waals surface area contributed by atoms with Gasteiger partial charge in [-0.15, -0.1) is 0 Å². The summed E-state index contributed by atoms with van der Waals surface area (Å²) in [6, 6.07) is 10.4. The topological polar surface area (TPSA) is 26.2 Å². The minimum Gasteiger partial charge on any atom is -0.496 e. The average Bonchev–Trinajstić information content (AvgIpc) is 2.78. The van der Waals surface area contributed by atoms with E-state index in [-0.39, 0.29) is 0 Å². The van der Waals surface area contributed by atoms with Gasteiger partial charge in [0.2, 0.25) is 0 Å². The van der Waals surface area contributed by atoms with Gasteiger partial charge in [0.25, 0.3) is 0 Å². The molecule has 0 unspecified atom stereocenters. The third-order valence-corrected chi connectivity index (χ3v) is 3.47. The number of nitrogens with zero attached hydrogens (tertiary/aromatic N) is 1. The number of halogens is 1. The molecule has 0 bridgehead atoms. The number of aromatic nitrogens is 1. The second-order valence-corrected chi connectivity index (χ2v) is 4.98. The van der Waals surface area contributed by atoms with Gasteiger partial charge >= 0.3 is 0 Å². The van der Waals surface area contributed by atoms with E-state index < -0.39 is 0 Å². The highest BCUT2D eigenvalue weighted by atomic mass is 79.9. The van der Waals surface area contributed by atoms with E-state index in [0.717, 1.165) is 23.3 Å². The number of rotatable bonds is 5. The van der Waals surface area contributed by atoms with Crippen LogP contribution in [0.15, 0.2) is 41.0 Å². The Morgan fingerprint density at radius 2 is 2.17 bits per heavy atom. The molecule has 0 atom stereocenters. The molecular weight excluding hydrogens is 292 g/mol. The van der Waals surface area contributed by atoms with Gasteiger partial charge in [-0.3, -0.25) is 0 Å². The first-order chi connectivity index (χ1) is 8.74. The summed E-state index contributed by atoms with van der Waals surface area (Å²) in [5, 5.41) is 3.18. The summed E-state index contributed by atoms with van der Waals surface area (Å²) in [7, 11) is 3.64. The van der Waals surface area contributed by atoms with Gasteiger partial charge in [-0.1, -0.05) is 6.07 Å². The van der Waals surface area contributed by atoms with Crippen LogP contribution in [0.3, 0.4) is 0 Å². The Bertz CT molecular complexity index is 522. The van der Waals surface area contributed by atoms with Crippen molar-refractivity contribution in [3.05, 3.63) is 52.3 Å². The van der Waals surface area contributed by atoms with E-state index in [1.807, 2.05) is 13.1 Å². The second-order valence-electron chi connectivity index (χ2n) is 4.13. The minimum absolute atomic E-state index is 0.863. The van der Waals surface area contributed by atoms with Crippen LogP contribution in [0.1, 0.15) is 11.3 Å². The van der Waals surface area contributed by atoms with Gasteiger partial charge in [0.05, 0.1) is 11.6 Å². The molecule has 4 heteroatoms. The number of benzene rings is 1. The van der Waals surface area contributed by atoms with E-state index in [9.17, 15) is 0 Å². The molecule has 2 rings (SSSR count). The van der Waals surface area contributed by atoms with Crippen LogP contribution in [0.5, 0.6) is 5.75 Å². The van der Waals surface area contributed by atoms with E-state index in [0.29, 0.717) is 0 Å². The van der Waals surface area contributed by atoms with Crippen LogP contribution in [-0.2, 0) is 13.1 Å². The number of hydrogen-bond acceptors (Lipinski definition) is 2. The minimum atomic E-state index is 0.863. The molecule has 18 heavy (non-hydrogen) atoms. The predicted molar refractivity (Wildman–Crippen MR) is 77.0 cm³/mol. The van der Waals surface area contributed by atoms with E-state index >= 15 is 0 Å². The largest absolute Gasteiger partial charge is 0.496 e. The first kappa shape index (κ1) is 13.2. The predicted octanol–water partition coefficient (Wildman–Crippen LogP) is 3.03. The van der Waals surface area contributed by atoms with Gasteiger partial charge in [0.15, 0.2) is 0 Å². The third-order valence-electron chi connectivity index (χ3n) is 2.85. The lowest BCUT2D eigenvalue weighted by molar-refractivity contribution is 0.412. The summed E-state index contributed by atoms with van der Waals surface area (Å²) in [6.45, 7) is 1.75. The van der Waals surface area contributed by atoms with Gasteiger partial charge in [-0.2, -0.15) is 0 Å². The van der Waals surface area contributed by atoms with Gasteiger partial charge in [-0.05, 0) is 52.8 Å². The van der Waals surface area contributed by atoms with Gasteiger partial charge < -0.3 is 14.6 Å². The van der Waals surface area contributed by atoms with Crippen molar-refractivity contribution in [2.24, 2.45) is 0 Å². The summed E-state index contributed by atoms with van der Waals surface area (Å²) in [4.78, 5) is 0. The van der Waals surface area contributed by atoms with Crippen LogP contribution < -0.4 is 10.1 Å². The summed E-state index contributed by atoms with van der Waals surface area (Å²) in [5.41, 5.74) is 2.53. The van der Waals surface area contributed by atoms with Gasteiger partial charge in [0, 0.05) is 25.0 Å². The van der Waals surface area contributed by atoms with Crippen molar-refractivity contribution in [2.75, 3.05) is 14.2 Å². The summed E-state index contributed by atoms with van der Waals surface area (Å²) >= 11 is 3.51. The molecule has 0 saturated heterocycles. The van der Waals surface area contributed by atoms with Gasteiger partial charge in [0.1, 0.15) is 5.75 Å². The lowest BCUT2D eigenvalue weighted by atomic mass is 10.2. The van der Waals surface area contributed by atoms with Crippen LogP contribution in [0.4, 0.5) is 0 Å². The maximum Gasteiger partial charge on any atom is 0.133 e. The Hall–Kier alpha value is -1.26. The smallest absolute Gasteiger partial charge is 0.133 e. The maximum atomic E-state index is 5.23. The lowest BCUT2D eigenvalue weighted by Crippen LogP contribution is -2.11. The summed E-state index contributed by atoms with van der Waals surface area (Å²) in [5.74, 6) is 0.863. The number of nitrogens with one attached hydrogen (secondary N) is 1. The number of hydrogen-bond donors (Lipinski definition) is 1. The van der Waals surface area contributed by atoms with Crippen LogP contribution >= 0.6 is 15.9 Å². The van der Waals surface area contributed by atoms with Crippen LogP contribution in [-0.4, -0.2) is 18.7 Å². The molecule has 0 radical (unpaired) electrons. The highest BCUT2D eigenvalue weighted by Crippen LogP contribution is 2.26. The number of ether oxygens (including phenoxy) is 1. The second kappa shape index (κ2) is 6.07. The molecule has 1 aromatic carbocycles. The van der Waals surface area contributed by atoms with Crippen molar-refractivity contribution in [3.8, 4) is 5.75 Å². The molecule has 1 N–H and O–H groups in total. The molecule has 0 aliphatic carbocycles. The molecule has 3 nitrogen and oxygen atoms in total. The first-order valence-electron chi connectivity index (χ1n) is 5.85. The van der Waals surface area contributed by atoms with Crippen molar-refractivity contribution < 1.29 is 4.74 Å². The highest BCUT2D eigenvalue weighted by molar-refractivity contribution is 9.10. The van der Waals surface area contributed by atoms with Crippen molar-refractivity contribution in [1.82, 2.24) is 9.88 Å². The number of methoxy groups -OCH3 is 1. The molecule has 1 heterocycles. The Morgan fingerprint density at radius 3 is 2.83 bits per heavy atom. The molecule has 2 aromatic rings. The monoisotopic (exact) mass is 308 g/mol. The Kier molecular flexibility index (Phi) is 4.44. The van der Waals surface area contributed by atoms with E-state index in [1.54, 1.807) is 7.11 Å². The molecule has 0 fully saturated rings. The average molecular weight is 309 g/mol. The Morgan fingerprint density at radius 1 is 1.33 bits per heavy atom. The zero-order valence-electron chi connectivity index (χ0n) is 10.6. The Balaban J connectivity index is 2.18. The fourth-order valence-electron chi connectivity index (χ4n) is 1.95. The summed E-state index contributed by atoms with van der Waals surface area (Å²) in [6.07, 6.45) is 2.10. The molecule has 1 aromatic heterocycles.